The smallest absolute Gasteiger partial charge is 0.326 e. The lowest BCUT2D eigenvalue weighted by molar-refractivity contribution is -0.150. The molecule has 1 aromatic carbocycles. The molecule has 1 fully saturated rings. The van der Waals surface area contributed by atoms with Crippen LogP contribution in [-0.2, 0) is 19.1 Å². The van der Waals surface area contributed by atoms with Gasteiger partial charge in [-0.1, -0.05) is 13.0 Å². The van der Waals surface area contributed by atoms with Crippen molar-refractivity contribution >= 4 is 40.9 Å². The van der Waals surface area contributed by atoms with Crippen molar-refractivity contribution in [3.63, 3.8) is 0 Å². The zero-order chi connectivity index (χ0) is 21.6. The quantitative estimate of drug-likeness (QED) is 0.358. The van der Waals surface area contributed by atoms with Gasteiger partial charge in [-0.05, 0) is 55.8 Å². The Balaban J connectivity index is 2.19. The molecule has 1 aromatic rings. The first-order valence-corrected chi connectivity index (χ1v) is 9.96. The molecule has 1 aliphatic heterocycles. The lowest BCUT2D eigenvalue weighted by atomic mass is 10.2. The molecule has 2 rings (SSSR count). The second-order valence-corrected chi connectivity index (χ2v) is 7.20. The monoisotopic (exact) mass is 421 g/mol. The number of amides is 2. The number of carbonyl (C=O) groups is 4. The van der Waals surface area contributed by atoms with Crippen LogP contribution in [-0.4, -0.2) is 47.2 Å². The van der Waals surface area contributed by atoms with Gasteiger partial charge in [0.25, 0.3) is 11.1 Å². The number of carbonyl (C=O) groups excluding carboxylic acids is 4. The number of nitrogens with zero attached hydrogens (tertiary/aromatic N) is 1. The molecule has 0 N–H and O–H groups in total. The molecule has 29 heavy (non-hydrogen) atoms. The van der Waals surface area contributed by atoms with E-state index in [-0.39, 0.29) is 16.8 Å². The number of ether oxygens (including phenoxy) is 3. The van der Waals surface area contributed by atoms with Crippen molar-refractivity contribution in [2.24, 2.45) is 0 Å². The largest absolute Gasteiger partial charge is 0.490 e. The molecule has 0 saturated carbocycles. The third-order valence-electron chi connectivity index (χ3n) is 3.89. The first kappa shape index (κ1) is 22.5. The molecule has 1 heterocycles. The highest BCUT2D eigenvalue weighted by Crippen LogP contribution is 2.34. The van der Waals surface area contributed by atoms with Crippen molar-refractivity contribution < 1.29 is 33.4 Å². The van der Waals surface area contributed by atoms with Crippen LogP contribution in [0.2, 0.25) is 0 Å². The van der Waals surface area contributed by atoms with Crippen molar-refractivity contribution in [1.29, 1.82) is 0 Å². The van der Waals surface area contributed by atoms with Crippen molar-refractivity contribution in [3.05, 3.63) is 28.7 Å². The molecule has 1 atom stereocenters. The molecule has 0 aliphatic carbocycles. The highest BCUT2D eigenvalue weighted by molar-refractivity contribution is 8.18. The molecule has 8 nitrogen and oxygen atoms in total. The standard InChI is InChI=1S/C20H23NO7S/c1-5-12(3)27-18(23)11-21-19(24)17(29-20(21)25)10-14-7-8-15(28-13(4)22)16(9-14)26-6-2/h7-10,12H,5-6,11H2,1-4H3/b17-10+/t12-/m1/s1. The Morgan fingerprint density at radius 1 is 1.21 bits per heavy atom. The van der Waals surface area contributed by atoms with Crippen molar-refractivity contribution in [2.75, 3.05) is 13.2 Å². The van der Waals surface area contributed by atoms with E-state index in [9.17, 15) is 19.2 Å². The van der Waals surface area contributed by atoms with Gasteiger partial charge in [0.15, 0.2) is 11.5 Å². The molecule has 0 unspecified atom stereocenters. The summed E-state index contributed by atoms with van der Waals surface area (Å²) >= 11 is 0.742. The van der Waals surface area contributed by atoms with E-state index in [1.165, 1.54) is 13.0 Å². The predicted octanol–water partition coefficient (Wildman–Crippen LogP) is 3.39. The number of hydrogen-bond donors (Lipinski definition) is 0. The molecule has 0 bridgehead atoms. The van der Waals surface area contributed by atoms with E-state index in [1.54, 1.807) is 32.0 Å². The van der Waals surface area contributed by atoms with Gasteiger partial charge in [0.2, 0.25) is 0 Å². The molecule has 0 radical (unpaired) electrons. The molecular formula is C20H23NO7S. The Labute approximate surface area is 173 Å². The Morgan fingerprint density at radius 2 is 1.93 bits per heavy atom. The second kappa shape index (κ2) is 10.1. The van der Waals surface area contributed by atoms with Gasteiger partial charge in [0.1, 0.15) is 6.54 Å². The van der Waals surface area contributed by atoms with E-state index in [4.69, 9.17) is 14.2 Å². The van der Waals surface area contributed by atoms with Crippen LogP contribution in [0.1, 0.15) is 39.7 Å². The third-order valence-corrected chi connectivity index (χ3v) is 4.79. The summed E-state index contributed by atoms with van der Waals surface area (Å²) < 4.78 is 15.7. The summed E-state index contributed by atoms with van der Waals surface area (Å²) in [5.74, 6) is -1.08. The van der Waals surface area contributed by atoms with Gasteiger partial charge in [-0.2, -0.15) is 0 Å². The van der Waals surface area contributed by atoms with Crippen LogP contribution in [0.25, 0.3) is 6.08 Å². The van der Waals surface area contributed by atoms with Gasteiger partial charge in [-0.3, -0.25) is 24.1 Å². The van der Waals surface area contributed by atoms with E-state index in [0.717, 1.165) is 16.7 Å². The zero-order valence-corrected chi connectivity index (χ0v) is 17.5. The fourth-order valence-corrected chi connectivity index (χ4v) is 3.22. The van der Waals surface area contributed by atoms with Gasteiger partial charge in [-0.15, -0.1) is 0 Å². The molecule has 2 amide bonds. The summed E-state index contributed by atoms with van der Waals surface area (Å²) in [6, 6.07) is 4.78. The first-order valence-electron chi connectivity index (χ1n) is 9.15. The van der Waals surface area contributed by atoms with Crippen molar-refractivity contribution in [2.45, 2.75) is 40.2 Å². The normalized spacial score (nSPS) is 16.1. The second-order valence-electron chi connectivity index (χ2n) is 6.21. The SMILES string of the molecule is CCOc1cc(/C=C2/SC(=O)N(CC(=O)O[C@H](C)CC)C2=O)ccc1OC(C)=O. The zero-order valence-electron chi connectivity index (χ0n) is 16.7. The summed E-state index contributed by atoms with van der Waals surface area (Å²) in [6.07, 6.45) is 1.87. The van der Waals surface area contributed by atoms with Crippen molar-refractivity contribution in [1.82, 2.24) is 4.90 Å². The topological polar surface area (TPSA) is 99.2 Å². The minimum absolute atomic E-state index is 0.175. The van der Waals surface area contributed by atoms with Crippen LogP contribution in [0, 0.1) is 0 Å². The average molecular weight is 421 g/mol. The lowest BCUT2D eigenvalue weighted by Gasteiger charge is -2.14. The number of benzene rings is 1. The van der Waals surface area contributed by atoms with Gasteiger partial charge in [-0.25, -0.2) is 0 Å². The van der Waals surface area contributed by atoms with E-state index >= 15 is 0 Å². The summed E-state index contributed by atoms with van der Waals surface area (Å²) in [7, 11) is 0. The van der Waals surface area contributed by atoms with Crippen LogP contribution in [0.3, 0.4) is 0 Å². The Hall–Kier alpha value is -2.81. The highest BCUT2D eigenvalue weighted by atomic mass is 32.2. The fraction of sp³-hybridized carbons (Fsp3) is 0.400. The molecule has 1 aliphatic rings. The van der Waals surface area contributed by atoms with E-state index < -0.39 is 29.6 Å². The molecule has 0 aromatic heterocycles. The summed E-state index contributed by atoms with van der Waals surface area (Å²) in [6.45, 7) is 6.60. The first-order chi connectivity index (χ1) is 13.7. The Kier molecular flexibility index (Phi) is 7.83. The van der Waals surface area contributed by atoms with Gasteiger partial charge < -0.3 is 14.2 Å². The Morgan fingerprint density at radius 3 is 2.55 bits per heavy atom. The molecular weight excluding hydrogens is 398 g/mol. The van der Waals surface area contributed by atoms with Crippen LogP contribution in [0.15, 0.2) is 23.1 Å². The molecule has 9 heteroatoms. The minimum Gasteiger partial charge on any atom is -0.490 e. The van der Waals surface area contributed by atoms with E-state index in [1.807, 2.05) is 6.92 Å². The third kappa shape index (κ3) is 6.08. The van der Waals surface area contributed by atoms with Gasteiger partial charge >= 0.3 is 11.9 Å². The summed E-state index contributed by atoms with van der Waals surface area (Å²) in [4.78, 5) is 48.8. The van der Waals surface area contributed by atoms with E-state index in [2.05, 4.69) is 0 Å². The molecule has 0 spiro atoms. The average Bonchev–Trinajstić information content (AvgIpc) is 2.91. The molecule has 156 valence electrons. The van der Waals surface area contributed by atoms with Crippen molar-refractivity contribution in [3.8, 4) is 11.5 Å². The molecule has 1 saturated heterocycles. The summed E-state index contributed by atoms with van der Waals surface area (Å²) in [5, 5.41) is -0.538. The minimum atomic E-state index is -0.632. The van der Waals surface area contributed by atoms with Crippen LogP contribution in [0.5, 0.6) is 11.5 Å². The van der Waals surface area contributed by atoms with Crippen LogP contribution >= 0.6 is 11.8 Å². The summed E-state index contributed by atoms with van der Waals surface area (Å²) in [5.41, 5.74) is 0.581. The van der Waals surface area contributed by atoms with E-state index in [0.29, 0.717) is 24.3 Å². The Bertz CT molecular complexity index is 849. The maximum atomic E-state index is 12.5. The fourth-order valence-electron chi connectivity index (χ4n) is 2.38. The number of thioether (sulfide) groups is 1. The van der Waals surface area contributed by atoms with Gasteiger partial charge in [0, 0.05) is 6.92 Å². The number of esters is 2. The maximum absolute atomic E-state index is 12.5. The van der Waals surface area contributed by atoms with Crippen LogP contribution < -0.4 is 9.47 Å². The lowest BCUT2D eigenvalue weighted by Crippen LogP contribution is -2.35. The number of rotatable bonds is 8. The van der Waals surface area contributed by atoms with Gasteiger partial charge in [0.05, 0.1) is 17.6 Å². The predicted molar refractivity (Wildman–Crippen MR) is 107 cm³/mol. The maximum Gasteiger partial charge on any atom is 0.326 e. The number of imide groups is 1. The highest BCUT2D eigenvalue weighted by Gasteiger charge is 2.36. The number of hydrogen-bond acceptors (Lipinski definition) is 8. The van der Waals surface area contributed by atoms with Crippen LogP contribution in [0.4, 0.5) is 4.79 Å².